The summed E-state index contributed by atoms with van der Waals surface area (Å²) in [4.78, 5) is 10.5. The summed E-state index contributed by atoms with van der Waals surface area (Å²) in [5.74, 6) is 0.720. The van der Waals surface area contributed by atoms with Gasteiger partial charge in [0.2, 0.25) is 0 Å². The normalized spacial score (nSPS) is 13.2. The first-order valence-corrected chi connectivity index (χ1v) is 19.7. The van der Waals surface area contributed by atoms with Crippen LogP contribution in [0.1, 0.15) is 25.0 Å². The SMILES string of the molecule is CC1(C)c2ccccc2-c2c1c1c3ccccc3n(-c3ccccc3)c1c1c2c2ccccc2n1-c1ccc2nc(-c3ccccc3)nc(-c3ccccc3)c2c1. The third kappa shape index (κ3) is 4.44. The van der Waals surface area contributed by atoms with Gasteiger partial charge in [0.15, 0.2) is 5.82 Å². The topological polar surface area (TPSA) is 35.6 Å². The molecular weight excluding hydrogens is 693 g/mol. The van der Waals surface area contributed by atoms with E-state index in [1.54, 1.807) is 0 Å². The van der Waals surface area contributed by atoms with Crippen molar-refractivity contribution in [2.75, 3.05) is 0 Å². The molecule has 1 aliphatic rings. The van der Waals surface area contributed by atoms with Crippen molar-refractivity contribution in [2.45, 2.75) is 19.3 Å². The highest BCUT2D eigenvalue weighted by Crippen LogP contribution is 2.58. The highest BCUT2D eigenvalue weighted by molar-refractivity contribution is 6.31. The molecule has 0 radical (unpaired) electrons. The first-order chi connectivity index (χ1) is 28.1. The number of para-hydroxylation sites is 3. The minimum Gasteiger partial charge on any atom is -0.307 e. The molecule has 11 aromatic rings. The van der Waals surface area contributed by atoms with Crippen LogP contribution in [0.3, 0.4) is 0 Å². The van der Waals surface area contributed by atoms with Crippen LogP contribution in [0.5, 0.6) is 0 Å². The molecule has 0 aliphatic heterocycles. The second-order valence-corrected chi connectivity index (χ2v) is 15.7. The van der Waals surface area contributed by atoms with E-state index in [2.05, 4.69) is 187 Å². The van der Waals surface area contributed by atoms with Crippen LogP contribution >= 0.6 is 0 Å². The van der Waals surface area contributed by atoms with E-state index >= 15 is 0 Å². The van der Waals surface area contributed by atoms with E-state index < -0.39 is 0 Å². The van der Waals surface area contributed by atoms with Crippen molar-refractivity contribution in [3.63, 3.8) is 0 Å². The second-order valence-electron chi connectivity index (χ2n) is 15.7. The number of hydrogen-bond acceptors (Lipinski definition) is 2. The minimum absolute atomic E-state index is 0.228. The van der Waals surface area contributed by atoms with Crippen molar-refractivity contribution in [2.24, 2.45) is 0 Å². The summed E-state index contributed by atoms with van der Waals surface area (Å²) in [5.41, 5.74) is 16.1. The van der Waals surface area contributed by atoms with E-state index in [9.17, 15) is 0 Å². The predicted molar refractivity (Wildman–Crippen MR) is 237 cm³/mol. The Morgan fingerprint density at radius 1 is 0.456 bits per heavy atom. The summed E-state index contributed by atoms with van der Waals surface area (Å²) in [6, 6.07) is 65.4. The van der Waals surface area contributed by atoms with Crippen LogP contribution < -0.4 is 0 Å². The molecule has 4 nitrogen and oxygen atoms in total. The molecule has 8 aromatic carbocycles. The Kier molecular flexibility index (Phi) is 6.65. The van der Waals surface area contributed by atoms with Crippen LogP contribution in [-0.4, -0.2) is 19.1 Å². The molecule has 1 aliphatic carbocycles. The quantitative estimate of drug-likeness (QED) is 0.181. The minimum atomic E-state index is -0.228. The summed E-state index contributed by atoms with van der Waals surface area (Å²) >= 11 is 0. The first kappa shape index (κ1) is 32.0. The van der Waals surface area contributed by atoms with Gasteiger partial charge < -0.3 is 9.13 Å². The zero-order chi connectivity index (χ0) is 37.8. The number of rotatable bonds is 4. The zero-order valence-corrected chi connectivity index (χ0v) is 31.6. The predicted octanol–water partition coefficient (Wildman–Crippen LogP) is 13.5. The molecule has 268 valence electrons. The fourth-order valence-corrected chi connectivity index (χ4v) is 9.86. The third-order valence-corrected chi connectivity index (χ3v) is 12.2. The van der Waals surface area contributed by atoms with Gasteiger partial charge in [-0.05, 0) is 64.7 Å². The van der Waals surface area contributed by atoms with E-state index in [1.165, 1.54) is 60.3 Å². The summed E-state index contributed by atoms with van der Waals surface area (Å²) < 4.78 is 5.02. The van der Waals surface area contributed by atoms with Crippen molar-refractivity contribution in [1.29, 1.82) is 0 Å². The molecule has 0 fully saturated rings. The van der Waals surface area contributed by atoms with Gasteiger partial charge in [-0.3, -0.25) is 0 Å². The number of nitrogens with zero attached hydrogens (tertiary/aromatic N) is 4. The molecule has 0 saturated heterocycles. The van der Waals surface area contributed by atoms with Gasteiger partial charge in [0.1, 0.15) is 0 Å². The fraction of sp³-hybridized carbons (Fsp3) is 0.0566. The molecule has 12 rings (SSSR count). The van der Waals surface area contributed by atoms with E-state index in [0.29, 0.717) is 0 Å². The Labute approximate surface area is 329 Å². The van der Waals surface area contributed by atoms with Gasteiger partial charge in [-0.1, -0.05) is 153 Å². The fourth-order valence-electron chi connectivity index (χ4n) is 9.86. The maximum atomic E-state index is 5.28. The molecule has 57 heavy (non-hydrogen) atoms. The van der Waals surface area contributed by atoms with Crippen molar-refractivity contribution >= 4 is 54.5 Å². The summed E-state index contributed by atoms with van der Waals surface area (Å²) in [6.45, 7) is 4.82. The Morgan fingerprint density at radius 3 is 1.74 bits per heavy atom. The van der Waals surface area contributed by atoms with Gasteiger partial charge in [0.05, 0.1) is 33.3 Å². The monoisotopic (exact) mass is 728 g/mol. The van der Waals surface area contributed by atoms with Gasteiger partial charge in [-0.15, -0.1) is 0 Å². The summed E-state index contributed by atoms with van der Waals surface area (Å²) in [6.07, 6.45) is 0. The molecule has 3 heterocycles. The number of benzene rings is 8. The number of aromatic nitrogens is 4. The number of hydrogen-bond donors (Lipinski definition) is 0. The third-order valence-electron chi connectivity index (χ3n) is 12.2. The average molecular weight is 729 g/mol. The summed E-state index contributed by atoms with van der Waals surface area (Å²) in [7, 11) is 0. The van der Waals surface area contributed by atoms with Crippen LogP contribution in [0.4, 0.5) is 0 Å². The van der Waals surface area contributed by atoms with E-state index in [0.717, 1.165) is 50.4 Å². The molecule has 0 unspecified atom stereocenters. The van der Waals surface area contributed by atoms with Crippen LogP contribution in [-0.2, 0) is 5.41 Å². The highest BCUT2D eigenvalue weighted by atomic mass is 15.0. The van der Waals surface area contributed by atoms with Crippen molar-refractivity contribution in [3.8, 4) is 45.1 Å². The average Bonchev–Trinajstić information content (AvgIpc) is 3.87. The van der Waals surface area contributed by atoms with Crippen molar-refractivity contribution < 1.29 is 0 Å². The largest absolute Gasteiger partial charge is 0.307 e. The van der Waals surface area contributed by atoms with Gasteiger partial charge >= 0.3 is 0 Å². The number of fused-ring (bicyclic) bond motifs is 13. The van der Waals surface area contributed by atoms with Gasteiger partial charge in [0.25, 0.3) is 0 Å². The van der Waals surface area contributed by atoms with Crippen LogP contribution in [0.15, 0.2) is 182 Å². The Hall–Kier alpha value is -7.30. The smallest absolute Gasteiger partial charge is 0.160 e. The first-order valence-electron chi connectivity index (χ1n) is 19.7. The Balaban J connectivity index is 1.29. The van der Waals surface area contributed by atoms with Crippen LogP contribution in [0.2, 0.25) is 0 Å². The standard InChI is InChI=1S/C53H36N4/c1-53(2)41-27-15-12-24-37(41)45-46-38-25-13-16-28-43(38)57(50(46)51-47(48(45)53)39-26-14-17-29-44(39)56(51)35-22-10-5-11-23-35)36-30-31-42-40(32-36)49(33-18-6-3-7-19-33)55-52(54-42)34-20-8-4-9-21-34/h3-32H,1-2H3. The lowest BCUT2D eigenvalue weighted by Crippen LogP contribution is -2.15. The van der Waals surface area contributed by atoms with Gasteiger partial charge in [0, 0.05) is 54.8 Å². The molecular formula is C53H36N4. The van der Waals surface area contributed by atoms with Crippen LogP contribution in [0.25, 0.3) is 99.7 Å². The summed E-state index contributed by atoms with van der Waals surface area (Å²) in [5, 5.41) is 6.10. The Bertz CT molecular complexity index is 3410. The molecule has 0 saturated carbocycles. The second kappa shape index (κ2) is 11.8. The Morgan fingerprint density at radius 2 is 1.02 bits per heavy atom. The lowest BCUT2D eigenvalue weighted by atomic mass is 9.80. The van der Waals surface area contributed by atoms with E-state index in [1.807, 2.05) is 18.2 Å². The highest BCUT2D eigenvalue weighted by Gasteiger charge is 2.41. The molecule has 0 atom stereocenters. The molecule has 0 spiro atoms. The molecule has 0 amide bonds. The zero-order valence-electron chi connectivity index (χ0n) is 31.6. The van der Waals surface area contributed by atoms with E-state index in [4.69, 9.17) is 9.97 Å². The maximum Gasteiger partial charge on any atom is 0.160 e. The molecule has 4 heteroatoms. The lowest BCUT2D eigenvalue weighted by Gasteiger charge is -2.23. The molecule has 0 bridgehead atoms. The van der Waals surface area contributed by atoms with Gasteiger partial charge in [-0.25, -0.2) is 9.97 Å². The molecule has 0 N–H and O–H groups in total. The molecule has 3 aromatic heterocycles. The van der Waals surface area contributed by atoms with Crippen molar-refractivity contribution in [1.82, 2.24) is 19.1 Å². The van der Waals surface area contributed by atoms with Crippen molar-refractivity contribution in [3.05, 3.63) is 193 Å². The lowest BCUT2D eigenvalue weighted by molar-refractivity contribution is 0.667. The van der Waals surface area contributed by atoms with Crippen LogP contribution in [0, 0.1) is 0 Å². The maximum absolute atomic E-state index is 5.28. The van der Waals surface area contributed by atoms with E-state index in [-0.39, 0.29) is 5.41 Å². The van der Waals surface area contributed by atoms with Gasteiger partial charge in [-0.2, -0.15) is 0 Å².